The summed E-state index contributed by atoms with van der Waals surface area (Å²) in [5, 5.41) is 6.56. The zero-order valence-corrected chi connectivity index (χ0v) is 17.5. The molecule has 166 valence electrons. The Morgan fingerprint density at radius 2 is 1.94 bits per heavy atom. The summed E-state index contributed by atoms with van der Waals surface area (Å²) in [6, 6.07) is 9.09. The van der Waals surface area contributed by atoms with Crippen molar-refractivity contribution in [3.63, 3.8) is 0 Å². The molecule has 0 aliphatic carbocycles. The minimum absolute atomic E-state index is 0.166. The van der Waals surface area contributed by atoms with Gasteiger partial charge in [0.05, 0.1) is 23.9 Å². The number of aromatic nitrogens is 5. The monoisotopic (exact) mass is 446 g/mol. The van der Waals surface area contributed by atoms with Crippen LogP contribution in [0.4, 0.5) is 5.69 Å². The Kier molecular flexibility index (Phi) is 6.30. The van der Waals surface area contributed by atoms with Gasteiger partial charge >= 0.3 is 5.97 Å². The SMILES string of the molecule is CCOC(=O)c1ccc(NC(=O)Cn2cc(-c3nc(-c4cnccn4)no3)ccc2=O)cc1. The Bertz CT molecular complexity index is 1330. The standard InChI is InChI=1S/C22H18N6O5/c1-2-32-22(31)14-3-6-16(7-4-14)25-18(29)13-28-12-15(5-8-19(28)30)21-26-20(27-33-21)17-11-23-9-10-24-17/h3-12H,2,13H2,1H3,(H,25,29). The predicted molar refractivity (Wildman–Crippen MR) is 116 cm³/mol. The molecule has 0 saturated carbocycles. The largest absolute Gasteiger partial charge is 0.462 e. The summed E-state index contributed by atoms with van der Waals surface area (Å²) >= 11 is 0. The van der Waals surface area contributed by atoms with E-state index in [-0.39, 0.29) is 30.4 Å². The highest BCUT2D eigenvalue weighted by Crippen LogP contribution is 2.19. The molecule has 0 saturated heterocycles. The molecule has 0 aliphatic rings. The lowest BCUT2D eigenvalue weighted by Crippen LogP contribution is -2.26. The summed E-state index contributed by atoms with van der Waals surface area (Å²) in [4.78, 5) is 48.8. The number of carbonyl (C=O) groups excluding carboxylic acids is 2. The third-order valence-electron chi connectivity index (χ3n) is 4.44. The van der Waals surface area contributed by atoms with Crippen LogP contribution in [0, 0.1) is 0 Å². The van der Waals surface area contributed by atoms with Crippen LogP contribution in [0.5, 0.6) is 0 Å². The highest BCUT2D eigenvalue weighted by molar-refractivity contribution is 5.93. The molecule has 11 nitrogen and oxygen atoms in total. The molecule has 1 N–H and O–H groups in total. The van der Waals surface area contributed by atoms with Crippen molar-refractivity contribution in [2.24, 2.45) is 0 Å². The zero-order valence-electron chi connectivity index (χ0n) is 17.5. The summed E-state index contributed by atoms with van der Waals surface area (Å²) in [5.41, 5.74) is 1.38. The summed E-state index contributed by atoms with van der Waals surface area (Å²) in [6.45, 7) is 1.76. The number of hydrogen-bond acceptors (Lipinski definition) is 9. The Morgan fingerprint density at radius 1 is 1.12 bits per heavy atom. The third kappa shape index (κ3) is 5.15. The van der Waals surface area contributed by atoms with E-state index in [9.17, 15) is 14.4 Å². The van der Waals surface area contributed by atoms with E-state index in [1.807, 2.05) is 0 Å². The van der Waals surface area contributed by atoms with E-state index in [0.717, 1.165) is 0 Å². The van der Waals surface area contributed by atoms with Crippen LogP contribution in [-0.2, 0) is 16.1 Å². The minimum atomic E-state index is -0.442. The second kappa shape index (κ2) is 9.64. The molecule has 4 aromatic rings. The molecule has 0 fully saturated rings. The van der Waals surface area contributed by atoms with Crippen molar-refractivity contribution in [2.45, 2.75) is 13.5 Å². The first-order valence-corrected chi connectivity index (χ1v) is 9.91. The van der Waals surface area contributed by atoms with Crippen molar-refractivity contribution in [3.05, 3.63) is 77.1 Å². The second-order valence-electron chi connectivity index (χ2n) is 6.74. The molecular weight excluding hydrogens is 428 g/mol. The normalized spacial score (nSPS) is 10.6. The quantitative estimate of drug-likeness (QED) is 0.423. The summed E-state index contributed by atoms with van der Waals surface area (Å²) < 4.78 is 11.4. The molecule has 1 amide bonds. The number of benzene rings is 1. The molecule has 3 aromatic heterocycles. The van der Waals surface area contributed by atoms with Crippen LogP contribution < -0.4 is 10.9 Å². The molecule has 0 unspecified atom stereocenters. The number of amides is 1. The molecule has 1 aromatic carbocycles. The van der Waals surface area contributed by atoms with Crippen molar-refractivity contribution < 1.29 is 18.8 Å². The minimum Gasteiger partial charge on any atom is -0.462 e. The summed E-state index contributed by atoms with van der Waals surface area (Å²) in [5.74, 6) is -0.453. The van der Waals surface area contributed by atoms with Gasteiger partial charge < -0.3 is 19.1 Å². The van der Waals surface area contributed by atoms with Gasteiger partial charge in [0.2, 0.25) is 11.7 Å². The Labute approximate surface area is 187 Å². The molecule has 4 rings (SSSR count). The lowest BCUT2D eigenvalue weighted by atomic mass is 10.2. The number of nitrogens with zero attached hydrogens (tertiary/aromatic N) is 5. The van der Waals surface area contributed by atoms with Crippen LogP contribution in [0.2, 0.25) is 0 Å². The van der Waals surface area contributed by atoms with Gasteiger partial charge in [0, 0.05) is 30.3 Å². The van der Waals surface area contributed by atoms with E-state index in [0.29, 0.717) is 22.5 Å². The Morgan fingerprint density at radius 3 is 2.67 bits per heavy atom. The Hall–Kier alpha value is -4.67. The highest BCUT2D eigenvalue weighted by Gasteiger charge is 2.14. The molecule has 0 spiro atoms. The third-order valence-corrected chi connectivity index (χ3v) is 4.44. The number of anilines is 1. The first kappa shape index (κ1) is 21.6. The number of carbonyl (C=O) groups is 2. The molecule has 11 heteroatoms. The molecule has 0 atom stereocenters. The van der Waals surface area contributed by atoms with Gasteiger partial charge in [-0.3, -0.25) is 14.6 Å². The van der Waals surface area contributed by atoms with Gasteiger partial charge in [-0.05, 0) is 37.3 Å². The fourth-order valence-electron chi connectivity index (χ4n) is 2.90. The van der Waals surface area contributed by atoms with Gasteiger partial charge in [0.15, 0.2) is 0 Å². The number of ether oxygens (including phenoxy) is 1. The van der Waals surface area contributed by atoms with Crippen molar-refractivity contribution in [2.75, 3.05) is 11.9 Å². The lowest BCUT2D eigenvalue weighted by molar-refractivity contribution is -0.116. The molecule has 0 radical (unpaired) electrons. The summed E-state index contributed by atoms with van der Waals surface area (Å²) in [7, 11) is 0. The maximum absolute atomic E-state index is 12.5. The van der Waals surface area contributed by atoms with E-state index in [4.69, 9.17) is 9.26 Å². The topological polar surface area (TPSA) is 142 Å². The average Bonchev–Trinajstić information content (AvgIpc) is 3.32. The highest BCUT2D eigenvalue weighted by atomic mass is 16.5. The van der Waals surface area contributed by atoms with Gasteiger partial charge in [0.25, 0.3) is 11.4 Å². The van der Waals surface area contributed by atoms with Crippen LogP contribution >= 0.6 is 0 Å². The van der Waals surface area contributed by atoms with Crippen LogP contribution in [-0.4, -0.2) is 43.2 Å². The van der Waals surface area contributed by atoms with Crippen LogP contribution in [0.3, 0.4) is 0 Å². The van der Waals surface area contributed by atoms with E-state index in [1.165, 1.54) is 41.5 Å². The maximum atomic E-state index is 12.5. The van der Waals surface area contributed by atoms with Crippen molar-refractivity contribution in [1.29, 1.82) is 0 Å². The van der Waals surface area contributed by atoms with Gasteiger partial charge in [0.1, 0.15) is 12.2 Å². The first-order valence-electron chi connectivity index (χ1n) is 9.91. The van der Waals surface area contributed by atoms with Gasteiger partial charge in [-0.1, -0.05) is 5.16 Å². The predicted octanol–water partition coefficient (Wildman–Crippen LogP) is 2.17. The van der Waals surface area contributed by atoms with E-state index in [2.05, 4.69) is 25.4 Å². The van der Waals surface area contributed by atoms with Gasteiger partial charge in [-0.25, -0.2) is 9.78 Å². The van der Waals surface area contributed by atoms with Crippen LogP contribution in [0.15, 0.2) is 70.5 Å². The molecule has 33 heavy (non-hydrogen) atoms. The van der Waals surface area contributed by atoms with Gasteiger partial charge in [-0.15, -0.1) is 0 Å². The van der Waals surface area contributed by atoms with E-state index < -0.39 is 11.9 Å². The van der Waals surface area contributed by atoms with Crippen LogP contribution in [0.1, 0.15) is 17.3 Å². The van der Waals surface area contributed by atoms with Crippen molar-refractivity contribution >= 4 is 17.6 Å². The second-order valence-corrected chi connectivity index (χ2v) is 6.74. The fraction of sp³-hybridized carbons (Fsp3) is 0.136. The number of rotatable bonds is 7. The van der Waals surface area contributed by atoms with Crippen molar-refractivity contribution in [1.82, 2.24) is 24.7 Å². The molecule has 0 aliphatic heterocycles. The summed E-state index contributed by atoms with van der Waals surface area (Å²) in [6.07, 6.45) is 5.99. The number of hydrogen-bond donors (Lipinski definition) is 1. The smallest absolute Gasteiger partial charge is 0.338 e. The van der Waals surface area contributed by atoms with Gasteiger partial charge in [-0.2, -0.15) is 4.98 Å². The van der Waals surface area contributed by atoms with E-state index in [1.54, 1.807) is 31.2 Å². The Balaban J connectivity index is 1.46. The number of esters is 1. The van der Waals surface area contributed by atoms with Crippen molar-refractivity contribution in [3.8, 4) is 23.0 Å². The lowest BCUT2D eigenvalue weighted by Gasteiger charge is -2.09. The first-order chi connectivity index (χ1) is 16.0. The molecule has 0 bridgehead atoms. The van der Waals surface area contributed by atoms with E-state index >= 15 is 0 Å². The zero-order chi connectivity index (χ0) is 23.2. The maximum Gasteiger partial charge on any atom is 0.338 e. The number of pyridine rings is 1. The average molecular weight is 446 g/mol. The number of nitrogens with one attached hydrogen (secondary N) is 1. The molecule has 3 heterocycles. The fourth-order valence-corrected chi connectivity index (χ4v) is 2.90. The molecular formula is C22H18N6O5. The van der Waals surface area contributed by atoms with Crippen LogP contribution in [0.25, 0.3) is 23.0 Å².